The fourth-order valence-electron chi connectivity index (χ4n) is 3.06. The van der Waals surface area contributed by atoms with E-state index in [4.69, 9.17) is 5.26 Å². The van der Waals surface area contributed by atoms with Crippen LogP contribution in [-0.2, 0) is 15.1 Å². The number of nitriles is 1. The van der Waals surface area contributed by atoms with Gasteiger partial charge in [-0.1, -0.05) is 42.0 Å². The lowest BCUT2D eigenvalue weighted by molar-refractivity contribution is -0.133. The Kier molecular flexibility index (Phi) is 5.89. The summed E-state index contributed by atoms with van der Waals surface area (Å²) in [6.07, 6.45) is 0. The first-order chi connectivity index (χ1) is 13.8. The zero-order chi connectivity index (χ0) is 21.0. The fraction of sp³-hybridized carbons (Fsp3) is 0.238. The van der Waals surface area contributed by atoms with Gasteiger partial charge in [0.05, 0.1) is 17.5 Å². The van der Waals surface area contributed by atoms with E-state index in [1.807, 2.05) is 25.1 Å². The Morgan fingerprint density at radius 2 is 1.90 bits per heavy atom. The van der Waals surface area contributed by atoms with Gasteiger partial charge in [-0.15, -0.1) is 11.8 Å². The maximum atomic E-state index is 12.9. The Bertz CT molecular complexity index is 1000. The third-order valence-corrected chi connectivity index (χ3v) is 5.60. The number of imide groups is 1. The van der Waals surface area contributed by atoms with Gasteiger partial charge in [0, 0.05) is 4.90 Å². The molecule has 1 fully saturated rings. The van der Waals surface area contributed by atoms with Crippen LogP contribution in [-0.4, -0.2) is 35.0 Å². The van der Waals surface area contributed by atoms with Crippen LogP contribution in [0.15, 0.2) is 53.4 Å². The molecule has 1 heterocycles. The van der Waals surface area contributed by atoms with Crippen molar-refractivity contribution in [2.45, 2.75) is 24.3 Å². The van der Waals surface area contributed by atoms with Crippen LogP contribution in [0.2, 0.25) is 0 Å². The molecule has 0 spiro atoms. The molecule has 1 saturated heterocycles. The van der Waals surface area contributed by atoms with Crippen molar-refractivity contribution >= 4 is 35.3 Å². The largest absolute Gasteiger partial charge is 0.325 e. The molecule has 1 atom stereocenters. The van der Waals surface area contributed by atoms with Crippen molar-refractivity contribution in [3.8, 4) is 6.07 Å². The van der Waals surface area contributed by atoms with Gasteiger partial charge in [0.1, 0.15) is 12.1 Å². The lowest BCUT2D eigenvalue weighted by Crippen LogP contribution is -2.42. The molecule has 0 aliphatic carbocycles. The predicted molar refractivity (Wildman–Crippen MR) is 110 cm³/mol. The van der Waals surface area contributed by atoms with Crippen molar-refractivity contribution in [2.24, 2.45) is 0 Å². The lowest BCUT2D eigenvalue weighted by Gasteiger charge is -2.22. The normalized spacial score (nSPS) is 18.3. The number of amides is 4. The van der Waals surface area contributed by atoms with Crippen LogP contribution in [0.3, 0.4) is 0 Å². The number of nitrogens with one attached hydrogen (secondary N) is 2. The number of rotatable bonds is 6. The highest BCUT2D eigenvalue weighted by atomic mass is 32.2. The van der Waals surface area contributed by atoms with Gasteiger partial charge in [-0.05, 0) is 31.5 Å². The zero-order valence-corrected chi connectivity index (χ0v) is 16.9. The smallest absolute Gasteiger partial charge is 0.324 e. The molecule has 2 N–H and O–H groups in total. The molecule has 0 bridgehead atoms. The number of para-hydroxylation sites is 1. The highest BCUT2D eigenvalue weighted by molar-refractivity contribution is 7.99. The van der Waals surface area contributed by atoms with Gasteiger partial charge in [0.15, 0.2) is 0 Å². The van der Waals surface area contributed by atoms with E-state index in [9.17, 15) is 14.4 Å². The van der Waals surface area contributed by atoms with E-state index in [0.29, 0.717) is 11.3 Å². The molecule has 0 saturated carbocycles. The number of aryl methyl sites for hydroxylation is 1. The van der Waals surface area contributed by atoms with Gasteiger partial charge in [-0.3, -0.25) is 14.5 Å². The summed E-state index contributed by atoms with van der Waals surface area (Å²) in [5.41, 5.74) is 1.01. The fourth-order valence-corrected chi connectivity index (χ4v) is 3.73. The van der Waals surface area contributed by atoms with E-state index in [2.05, 4.69) is 10.6 Å². The average Bonchev–Trinajstić information content (AvgIpc) is 2.91. The standard InChI is InChI=1S/C21H20N4O3S/c1-14-7-9-15(10-8-14)21(2)19(27)25(20(28)24-21)13-18(26)23-16-5-3-4-6-17(16)29-12-11-22/h3-10H,12-13H2,1-2H3,(H,23,26)(H,24,28). The molecular weight excluding hydrogens is 388 g/mol. The highest BCUT2D eigenvalue weighted by Gasteiger charge is 2.49. The Labute approximate surface area is 173 Å². The monoisotopic (exact) mass is 408 g/mol. The van der Waals surface area contributed by atoms with E-state index < -0.39 is 29.9 Å². The summed E-state index contributed by atoms with van der Waals surface area (Å²) in [6.45, 7) is 3.16. The minimum atomic E-state index is -1.22. The van der Waals surface area contributed by atoms with E-state index in [1.165, 1.54) is 11.8 Å². The summed E-state index contributed by atoms with van der Waals surface area (Å²) in [4.78, 5) is 39.5. The summed E-state index contributed by atoms with van der Waals surface area (Å²) in [5.74, 6) is -0.727. The number of nitrogens with zero attached hydrogens (tertiary/aromatic N) is 2. The number of urea groups is 1. The first-order valence-corrected chi connectivity index (χ1v) is 9.93. The summed E-state index contributed by atoms with van der Waals surface area (Å²) >= 11 is 1.30. The quantitative estimate of drug-likeness (QED) is 0.565. The van der Waals surface area contributed by atoms with E-state index in [0.717, 1.165) is 15.4 Å². The van der Waals surface area contributed by atoms with Crippen LogP contribution in [0.25, 0.3) is 0 Å². The molecule has 29 heavy (non-hydrogen) atoms. The third-order valence-electron chi connectivity index (χ3n) is 4.66. The van der Waals surface area contributed by atoms with Gasteiger partial charge in [-0.25, -0.2) is 4.79 Å². The first-order valence-electron chi connectivity index (χ1n) is 8.95. The summed E-state index contributed by atoms with van der Waals surface area (Å²) in [7, 11) is 0. The molecule has 148 valence electrons. The molecule has 2 aromatic carbocycles. The van der Waals surface area contributed by atoms with Crippen molar-refractivity contribution < 1.29 is 14.4 Å². The zero-order valence-electron chi connectivity index (χ0n) is 16.1. The predicted octanol–water partition coefficient (Wildman–Crippen LogP) is 3.02. The topological polar surface area (TPSA) is 102 Å². The van der Waals surface area contributed by atoms with Crippen molar-refractivity contribution in [1.82, 2.24) is 10.2 Å². The first kappa shape index (κ1) is 20.4. The summed E-state index contributed by atoms with van der Waals surface area (Å²) in [5, 5.41) is 14.2. The van der Waals surface area contributed by atoms with Gasteiger partial charge in [0.25, 0.3) is 5.91 Å². The minimum Gasteiger partial charge on any atom is -0.324 e. The second-order valence-electron chi connectivity index (χ2n) is 6.80. The van der Waals surface area contributed by atoms with Crippen LogP contribution in [0.5, 0.6) is 0 Å². The van der Waals surface area contributed by atoms with Crippen molar-refractivity contribution in [2.75, 3.05) is 17.6 Å². The Hall–Kier alpha value is -3.31. The second kappa shape index (κ2) is 8.37. The molecule has 0 radical (unpaired) electrons. The second-order valence-corrected chi connectivity index (χ2v) is 7.82. The third kappa shape index (κ3) is 4.25. The molecule has 8 heteroatoms. The average molecular weight is 408 g/mol. The summed E-state index contributed by atoms with van der Waals surface area (Å²) in [6, 6.07) is 15.8. The van der Waals surface area contributed by atoms with Crippen LogP contribution >= 0.6 is 11.8 Å². The molecule has 7 nitrogen and oxygen atoms in total. The maximum absolute atomic E-state index is 12.9. The molecule has 1 aliphatic heterocycles. The minimum absolute atomic E-state index is 0.245. The van der Waals surface area contributed by atoms with Crippen LogP contribution in [0, 0.1) is 18.3 Å². The number of hydrogen-bond donors (Lipinski definition) is 2. The van der Waals surface area contributed by atoms with Gasteiger partial charge >= 0.3 is 6.03 Å². The molecule has 1 aliphatic rings. The van der Waals surface area contributed by atoms with Crippen molar-refractivity contribution in [1.29, 1.82) is 5.26 Å². The molecule has 3 rings (SSSR count). The number of anilines is 1. The molecular formula is C21H20N4O3S. The van der Waals surface area contributed by atoms with Crippen molar-refractivity contribution in [3.05, 3.63) is 59.7 Å². The van der Waals surface area contributed by atoms with Crippen LogP contribution in [0.1, 0.15) is 18.1 Å². The number of carbonyl (C=O) groups excluding carboxylic acids is 3. The summed E-state index contributed by atoms with van der Waals surface area (Å²) < 4.78 is 0. The van der Waals surface area contributed by atoms with Crippen molar-refractivity contribution in [3.63, 3.8) is 0 Å². The lowest BCUT2D eigenvalue weighted by atomic mass is 9.91. The molecule has 4 amide bonds. The van der Waals surface area contributed by atoms with Gasteiger partial charge in [-0.2, -0.15) is 5.26 Å². The number of carbonyl (C=O) groups is 3. The number of benzene rings is 2. The van der Waals surface area contributed by atoms with Gasteiger partial charge in [0.2, 0.25) is 5.91 Å². The molecule has 1 unspecified atom stereocenters. The Morgan fingerprint density at radius 1 is 1.21 bits per heavy atom. The maximum Gasteiger partial charge on any atom is 0.325 e. The van der Waals surface area contributed by atoms with Gasteiger partial charge < -0.3 is 10.6 Å². The Morgan fingerprint density at radius 3 is 2.59 bits per heavy atom. The van der Waals surface area contributed by atoms with E-state index >= 15 is 0 Å². The number of hydrogen-bond acceptors (Lipinski definition) is 5. The van der Waals surface area contributed by atoms with E-state index in [-0.39, 0.29) is 5.75 Å². The molecule has 2 aromatic rings. The molecule has 0 aromatic heterocycles. The highest BCUT2D eigenvalue weighted by Crippen LogP contribution is 2.30. The van der Waals surface area contributed by atoms with Crippen LogP contribution in [0.4, 0.5) is 10.5 Å². The SMILES string of the molecule is Cc1ccc(C2(C)NC(=O)N(CC(=O)Nc3ccccc3SCC#N)C2=O)cc1. The van der Waals surface area contributed by atoms with E-state index in [1.54, 1.807) is 43.3 Å². The Balaban J connectivity index is 1.73. The number of thioether (sulfide) groups is 1. The van der Waals surface area contributed by atoms with Crippen LogP contribution < -0.4 is 10.6 Å².